The Balaban J connectivity index is 0.000000921. The summed E-state index contributed by atoms with van der Waals surface area (Å²) < 4.78 is 5.41. The van der Waals surface area contributed by atoms with Crippen molar-refractivity contribution in [3.63, 3.8) is 0 Å². The average molecular weight is 274 g/mol. The Morgan fingerprint density at radius 2 is 1.93 bits per heavy atom. The molecule has 0 fully saturated rings. The van der Waals surface area contributed by atoms with Gasteiger partial charge in [0.1, 0.15) is 0 Å². The third-order valence-corrected chi connectivity index (χ3v) is 2.21. The van der Waals surface area contributed by atoms with Crippen LogP contribution in [-0.4, -0.2) is 13.1 Å². The van der Waals surface area contributed by atoms with E-state index in [1.54, 1.807) is 6.07 Å². The van der Waals surface area contributed by atoms with Crippen LogP contribution in [0.5, 0.6) is 0 Å². The van der Waals surface area contributed by atoms with Gasteiger partial charge in [-0.3, -0.25) is 0 Å². The molecule has 0 aliphatic rings. The monoisotopic (exact) mass is 273 g/mol. The SMILES string of the molecule is CC.COC(=O)c1cc(Br)cc(C)c1N. The van der Waals surface area contributed by atoms with E-state index in [2.05, 4.69) is 20.7 Å². The third-order valence-electron chi connectivity index (χ3n) is 1.76. The standard InChI is InChI=1S/C9H10BrNO2.C2H6/c1-5-3-6(10)4-7(8(5)11)9(12)13-2;1-2/h3-4H,11H2,1-2H3;1-2H3. The fourth-order valence-electron chi connectivity index (χ4n) is 1.03. The molecule has 4 heteroatoms. The predicted octanol–water partition coefficient (Wildman–Crippen LogP) is 3.15. The molecule has 0 aliphatic carbocycles. The molecule has 0 saturated carbocycles. The van der Waals surface area contributed by atoms with Gasteiger partial charge >= 0.3 is 5.97 Å². The van der Waals surface area contributed by atoms with Crippen molar-refractivity contribution in [2.45, 2.75) is 20.8 Å². The van der Waals surface area contributed by atoms with Crippen LogP contribution in [0.2, 0.25) is 0 Å². The van der Waals surface area contributed by atoms with E-state index in [-0.39, 0.29) is 0 Å². The van der Waals surface area contributed by atoms with Crippen molar-refractivity contribution in [2.75, 3.05) is 12.8 Å². The normalized spacial score (nSPS) is 8.87. The van der Waals surface area contributed by atoms with E-state index in [9.17, 15) is 4.79 Å². The number of benzene rings is 1. The van der Waals surface area contributed by atoms with Crippen LogP contribution in [0, 0.1) is 6.92 Å². The van der Waals surface area contributed by atoms with Gasteiger partial charge in [0.05, 0.1) is 12.7 Å². The van der Waals surface area contributed by atoms with Gasteiger partial charge < -0.3 is 10.5 Å². The number of anilines is 1. The van der Waals surface area contributed by atoms with Crippen LogP contribution in [-0.2, 0) is 4.74 Å². The van der Waals surface area contributed by atoms with Crippen LogP contribution in [0.15, 0.2) is 16.6 Å². The van der Waals surface area contributed by atoms with Crippen molar-refractivity contribution < 1.29 is 9.53 Å². The Bertz CT molecular complexity index is 351. The van der Waals surface area contributed by atoms with Crippen LogP contribution < -0.4 is 5.73 Å². The Morgan fingerprint density at radius 1 is 1.40 bits per heavy atom. The summed E-state index contributed by atoms with van der Waals surface area (Å²) in [6, 6.07) is 3.50. The molecule has 1 aromatic carbocycles. The first kappa shape index (κ1) is 14.0. The molecule has 0 unspecified atom stereocenters. The summed E-state index contributed by atoms with van der Waals surface area (Å²) in [5.41, 5.74) is 7.43. The van der Waals surface area contributed by atoms with Gasteiger partial charge in [0.15, 0.2) is 0 Å². The van der Waals surface area contributed by atoms with Crippen molar-refractivity contribution in [1.82, 2.24) is 0 Å². The second-order valence-electron chi connectivity index (χ2n) is 2.68. The molecule has 0 saturated heterocycles. The molecular weight excluding hydrogens is 258 g/mol. The molecule has 1 aromatic rings. The second kappa shape index (κ2) is 6.45. The summed E-state index contributed by atoms with van der Waals surface area (Å²) in [6.07, 6.45) is 0. The highest BCUT2D eigenvalue weighted by Gasteiger charge is 2.12. The molecule has 0 amide bonds. The van der Waals surface area contributed by atoms with Crippen molar-refractivity contribution in [3.05, 3.63) is 27.7 Å². The first-order chi connectivity index (χ1) is 7.06. The maximum Gasteiger partial charge on any atom is 0.340 e. The third kappa shape index (κ3) is 3.55. The van der Waals surface area contributed by atoms with Crippen LogP contribution in [0.25, 0.3) is 0 Å². The minimum absolute atomic E-state index is 0.398. The second-order valence-corrected chi connectivity index (χ2v) is 3.59. The molecule has 0 radical (unpaired) electrons. The van der Waals surface area contributed by atoms with Crippen LogP contribution in [0.4, 0.5) is 5.69 Å². The Labute approximate surface area is 98.7 Å². The molecule has 0 heterocycles. The molecule has 15 heavy (non-hydrogen) atoms. The van der Waals surface area contributed by atoms with E-state index in [0.717, 1.165) is 10.0 Å². The van der Waals surface area contributed by atoms with Gasteiger partial charge in [0.2, 0.25) is 0 Å². The van der Waals surface area contributed by atoms with Gasteiger partial charge in [-0.2, -0.15) is 0 Å². The molecular formula is C11H16BrNO2. The first-order valence-electron chi connectivity index (χ1n) is 4.70. The number of nitrogen functional groups attached to an aromatic ring is 1. The summed E-state index contributed by atoms with van der Waals surface area (Å²) >= 11 is 3.28. The molecule has 0 bridgehead atoms. The minimum Gasteiger partial charge on any atom is -0.465 e. The molecule has 0 spiro atoms. The Kier molecular flexibility index (Phi) is 6.01. The molecule has 1 rings (SSSR count). The zero-order chi connectivity index (χ0) is 12.0. The van der Waals surface area contributed by atoms with E-state index in [1.165, 1.54) is 7.11 Å². The number of nitrogens with two attached hydrogens (primary N) is 1. The number of halogens is 1. The van der Waals surface area contributed by atoms with E-state index >= 15 is 0 Å². The zero-order valence-electron chi connectivity index (χ0n) is 9.43. The fraction of sp³-hybridized carbons (Fsp3) is 0.364. The summed E-state index contributed by atoms with van der Waals surface area (Å²) in [5, 5.41) is 0. The number of carbonyl (C=O) groups is 1. The van der Waals surface area contributed by atoms with Crippen molar-refractivity contribution in [1.29, 1.82) is 0 Å². The molecule has 2 N–H and O–H groups in total. The minimum atomic E-state index is -0.415. The highest BCUT2D eigenvalue weighted by atomic mass is 79.9. The summed E-state index contributed by atoms with van der Waals surface area (Å²) in [4.78, 5) is 11.2. The van der Waals surface area contributed by atoms with Gasteiger partial charge in [-0.15, -0.1) is 0 Å². The lowest BCUT2D eigenvalue weighted by Crippen LogP contribution is -2.06. The lowest BCUT2D eigenvalue weighted by molar-refractivity contribution is 0.0602. The number of esters is 1. The van der Waals surface area contributed by atoms with Gasteiger partial charge in [0, 0.05) is 10.2 Å². The summed E-state index contributed by atoms with van der Waals surface area (Å²) in [6.45, 7) is 5.84. The average Bonchev–Trinajstić information content (AvgIpc) is 2.25. The van der Waals surface area contributed by atoms with Crippen molar-refractivity contribution in [3.8, 4) is 0 Å². The topological polar surface area (TPSA) is 52.3 Å². The fourth-order valence-corrected chi connectivity index (χ4v) is 1.61. The van der Waals surface area contributed by atoms with Gasteiger partial charge in [-0.05, 0) is 24.6 Å². The van der Waals surface area contributed by atoms with Crippen LogP contribution in [0.1, 0.15) is 29.8 Å². The quantitative estimate of drug-likeness (QED) is 0.632. The number of hydrogen-bond acceptors (Lipinski definition) is 3. The number of ether oxygens (including phenoxy) is 1. The Hall–Kier alpha value is -1.03. The molecule has 0 aromatic heterocycles. The number of methoxy groups -OCH3 is 1. The number of carbonyl (C=O) groups excluding carboxylic acids is 1. The van der Waals surface area contributed by atoms with E-state index < -0.39 is 5.97 Å². The molecule has 3 nitrogen and oxygen atoms in total. The molecule has 84 valence electrons. The predicted molar refractivity (Wildman–Crippen MR) is 66.0 cm³/mol. The van der Waals surface area contributed by atoms with Gasteiger partial charge in [0.25, 0.3) is 0 Å². The lowest BCUT2D eigenvalue weighted by atomic mass is 10.1. The summed E-state index contributed by atoms with van der Waals surface area (Å²) in [7, 11) is 1.33. The van der Waals surface area contributed by atoms with Gasteiger partial charge in [-0.25, -0.2) is 4.79 Å². The molecule has 0 aliphatic heterocycles. The zero-order valence-corrected chi connectivity index (χ0v) is 11.0. The largest absolute Gasteiger partial charge is 0.465 e. The smallest absolute Gasteiger partial charge is 0.340 e. The summed E-state index contributed by atoms with van der Waals surface area (Å²) in [5.74, 6) is -0.415. The van der Waals surface area contributed by atoms with E-state index in [4.69, 9.17) is 5.73 Å². The van der Waals surface area contributed by atoms with Crippen LogP contribution >= 0.6 is 15.9 Å². The Morgan fingerprint density at radius 3 is 2.40 bits per heavy atom. The van der Waals surface area contributed by atoms with Crippen LogP contribution in [0.3, 0.4) is 0 Å². The number of hydrogen-bond donors (Lipinski definition) is 1. The lowest BCUT2D eigenvalue weighted by Gasteiger charge is -2.06. The maximum absolute atomic E-state index is 11.2. The maximum atomic E-state index is 11.2. The van der Waals surface area contributed by atoms with Crippen molar-refractivity contribution in [2.24, 2.45) is 0 Å². The first-order valence-corrected chi connectivity index (χ1v) is 5.49. The number of rotatable bonds is 1. The molecule has 0 atom stereocenters. The highest BCUT2D eigenvalue weighted by molar-refractivity contribution is 9.10. The van der Waals surface area contributed by atoms with Crippen molar-refractivity contribution >= 4 is 27.6 Å². The number of aryl methyl sites for hydroxylation is 1. The van der Waals surface area contributed by atoms with E-state index in [0.29, 0.717) is 11.3 Å². The van der Waals surface area contributed by atoms with E-state index in [1.807, 2.05) is 26.8 Å². The highest BCUT2D eigenvalue weighted by Crippen LogP contribution is 2.23. The van der Waals surface area contributed by atoms with Gasteiger partial charge in [-0.1, -0.05) is 29.8 Å².